The fraction of sp³-hybridized carbons (Fsp3) is 0.444. The second-order valence-electron chi connectivity index (χ2n) is 7.61. The number of thioether (sulfide) groups is 1. The van der Waals surface area contributed by atoms with Gasteiger partial charge in [0.05, 0.1) is 17.5 Å². The van der Waals surface area contributed by atoms with Gasteiger partial charge in [-0.3, -0.25) is 19.8 Å². The van der Waals surface area contributed by atoms with Crippen molar-refractivity contribution < 1.29 is 33.9 Å². The number of fused-ring (bicyclic) bond motifs is 1. The Morgan fingerprint density at radius 1 is 1.31 bits per heavy atom. The summed E-state index contributed by atoms with van der Waals surface area (Å²) in [5.41, 5.74) is -1.03. The van der Waals surface area contributed by atoms with Crippen LogP contribution >= 0.6 is 23.1 Å². The Morgan fingerprint density at radius 2 is 2.03 bits per heavy atom. The molecule has 172 valence electrons. The molecule has 1 saturated heterocycles. The number of aliphatic carboxylic acids is 1. The number of hydrogen-bond donors (Lipinski definition) is 3. The molecule has 1 fully saturated rings. The number of carbonyl (C=O) groups excluding carboxylic acids is 3. The van der Waals surface area contributed by atoms with Crippen molar-refractivity contribution in [2.75, 3.05) is 18.2 Å². The van der Waals surface area contributed by atoms with Gasteiger partial charge in [-0.1, -0.05) is 5.16 Å². The molecule has 3 N–H and O–H groups in total. The van der Waals surface area contributed by atoms with Crippen LogP contribution in [0.25, 0.3) is 0 Å². The van der Waals surface area contributed by atoms with Gasteiger partial charge in [0, 0.05) is 11.1 Å². The van der Waals surface area contributed by atoms with E-state index in [0.717, 1.165) is 16.2 Å². The third-order valence-corrected chi connectivity index (χ3v) is 6.05. The molecule has 0 bridgehead atoms. The number of oxime groups is 1. The molecule has 0 aromatic carbocycles. The average molecular weight is 484 g/mol. The minimum atomic E-state index is -1.32. The van der Waals surface area contributed by atoms with Gasteiger partial charge in [-0.15, -0.1) is 23.1 Å². The van der Waals surface area contributed by atoms with Gasteiger partial charge in [-0.2, -0.15) is 0 Å². The monoisotopic (exact) mass is 483 g/mol. The zero-order valence-corrected chi connectivity index (χ0v) is 19.3. The summed E-state index contributed by atoms with van der Waals surface area (Å²) in [5, 5.41) is 19.6. The highest BCUT2D eigenvalue weighted by Crippen LogP contribution is 2.39. The van der Waals surface area contributed by atoms with Gasteiger partial charge in [0.1, 0.15) is 18.4 Å². The lowest BCUT2D eigenvalue weighted by atomic mass is 10.1. The molecular formula is C18H21N5O7S2. The second kappa shape index (κ2) is 9.16. The minimum Gasteiger partial charge on any atom is -0.477 e. The summed E-state index contributed by atoms with van der Waals surface area (Å²) in [5.74, 6) is -2.22. The molecule has 0 radical (unpaired) electrons. The molecular weight excluding hydrogens is 462 g/mol. The Bertz CT molecular complexity index is 1030. The van der Waals surface area contributed by atoms with E-state index in [0.29, 0.717) is 0 Å². The molecule has 32 heavy (non-hydrogen) atoms. The van der Waals surface area contributed by atoms with E-state index in [-0.39, 0.29) is 51.4 Å². The first-order valence-corrected chi connectivity index (χ1v) is 11.2. The molecule has 2 aliphatic rings. The normalized spacial score (nSPS) is 18.5. The smallest absolute Gasteiger partial charge is 0.413 e. The highest BCUT2D eigenvalue weighted by Gasteiger charge is 2.45. The molecule has 0 spiro atoms. The number of rotatable bonds is 6. The van der Waals surface area contributed by atoms with E-state index in [1.54, 1.807) is 20.8 Å². The van der Waals surface area contributed by atoms with Crippen molar-refractivity contribution in [1.29, 1.82) is 0 Å². The van der Waals surface area contributed by atoms with Gasteiger partial charge in [-0.25, -0.2) is 14.6 Å². The van der Waals surface area contributed by atoms with Crippen molar-refractivity contribution in [3.63, 3.8) is 0 Å². The summed E-state index contributed by atoms with van der Waals surface area (Å²) in [6.45, 7) is 5.15. The minimum absolute atomic E-state index is 0.0722. The fourth-order valence-electron chi connectivity index (χ4n) is 2.83. The maximum absolute atomic E-state index is 12.9. The third kappa shape index (κ3) is 5.19. The Labute approximate surface area is 191 Å². The number of carboxylic acid groups (broad SMARTS) is 1. The van der Waals surface area contributed by atoms with Crippen molar-refractivity contribution in [3.05, 3.63) is 22.5 Å². The van der Waals surface area contributed by atoms with E-state index in [2.05, 4.69) is 20.8 Å². The summed E-state index contributed by atoms with van der Waals surface area (Å²) < 4.78 is 5.16. The Hall–Kier alpha value is -3.13. The molecule has 3 rings (SSSR count). The predicted octanol–water partition coefficient (Wildman–Crippen LogP) is 1.56. The summed E-state index contributed by atoms with van der Waals surface area (Å²) in [6, 6.07) is 0. The Kier molecular flexibility index (Phi) is 6.74. The average Bonchev–Trinajstić information content (AvgIpc) is 3.11. The molecule has 1 atom stereocenters. The second-order valence-corrected chi connectivity index (χ2v) is 9.63. The standard InChI is InChI=1S/C18H21N5O7S2/c1-18(2,3)30-17(28)21-16-20-8(6-32-16)12(22-29-4)14(25)19-9-7-31-11-5-10(24)23(11)13(9)15(26)27/h6,11H,5,7H2,1-4H3,(H,19,25)(H,26,27)(H,20,21,28)/t11-/m1/s1. The van der Waals surface area contributed by atoms with Gasteiger partial charge in [0.15, 0.2) is 16.5 Å². The van der Waals surface area contributed by atoms with Gasteiger partial charge >= 0.3 is 12.1 Å². The number of hydrogen-bond acceptors (Lipinski definition) is 10. The molecule has 0 unspecified atom stereocenters. The van der Waals surface area contributed by atoms with Crippen LogP contribution in [0.4, 0.5) is 9.93 Å². The van der Waals surface area contributed by atoms with E-state index in [1.165, 1.54) is 24.3 Å². The lowest BCUT2D eigenvalue weighted by Crippen LogP contribution is -2.55. The lowest BCUT2D eigenvalue weighted by molar-refractivity contribution is -0.146. The van der Waals surface area contributed by atoms with E-state index in [4.69, 9.17) is 9.57 Å². The van der Waals surface area contributed by atoms with Crippen LogP contribution in [-0.4, -0.2) is 68.4 Å². The number of amides is 3. The van der Waals surface area contributed by atoms with Gasteiger partial charge in [0.2, 0.25) is 5.91 Å². The molecule has 1 aromatic rings. The molecule has 0 aliphatic carbocycles. The summed E-state index contributed by atoms with van der Waals surface area (Å²) in [6.07, 6.45) is -0.456. The van der Waals surface area contributed by atoms with E-state index >= 15 is 0 Å². The van der Waals surface area contributed by atoms with Crippen molar-refractivity contribution in [3.8, 4) is 0 Å². The van der Waals surface area contributed by atoms with Crippen LogP contribution in [0.5, 0.6) is 0 Å². The highest BCUT2D eigenvalue weighted by atomic mass is 32.2. The van der Waals surface area contributed by atoms with E-state index in [9.17, 15) is 24.3 Å². The first-order chi connectivity index (χ1) is 15.0. The maximum atomic E-state index is 12.9. The first kappa shape index (κ1) is 23.5. The van der Waals surface area contributed by atoms with Crippen molar-refractivity contribution >= 4 is 57.8 Å². The molecule has 1 aromatic heterocycles. The van der Waals surface area contributed by atoms with Crippen molar-refractivity contribution in [2.45, 2.75) is 38.2 Å². The number of carboxylic acids is 1. The molecule has 3 heterocycles. The summed E-state index contributed by atoms with van der Waals surface area (Å²) in [4.78, 5) is 58.4. The van der Waals surface area contributed by atoms with Crippen molar-refractivity contribution in [2.24, 2.45) is 5.16 Å². The highest BCUT2D eigenvalue weighted by molar-refractivity contribution is 8.00. The molecule has 14 heteroatoms. The molecule has 0 saturated carbocycles. The number of nitrogens with one attached hydrogen (secondary N) is 2. The Morgan fingerprint density at radius 3 is 2.62 bits per heavy atom. The predicted molar refractivity (Wildman–Crippen MR) is 116 cm³/mol. The quantitative estimate of drug-likeness (QED) is 0.310. The number of nitrogens with zero attached hydrogens (tertiary/aromatic N) is 3. The van der Waals surface area contributed by atoms with Crippen LogP contribution in [0.2, 0.25) is 0 Å². The fourth-order valence-corrected chi connectivity index (χ4v) is 4.71. The largest absolute Gasteiger partial charge is 0.477 e. The zero-order chi connectivity index (χ0) is 23.6. The number of thiazole rings is 1. The molecule has 12 nitrogen and oxygen atoms in total. The van der Waals surface area contributed by atoms with Crippen LogP contribution in [0, 0.1) is 0 Å². The number of anilines is 1. The first-order valence-electron chi connectivity index (χ1n) is 9.28. The van der Waals surface area contributed by atoms with Gasteiger partial charge in [0.25, 0.3) is 5.91 Å². The van der Waals surface area contributed by atoms with Crippen LogP contribution in [0.1, 0.15) is 32.9 Å². The van der Waals surface area contributed by atoms with Crippen LogP contribution in [0.15, 0.2) is 21.9 Å². The molecule has 2 aliphatic heterocycles. The summed E-state index contributed by atoms with van der Waals surface area (Å²) >= 11 is 2.38. The van der Waals surface area contributed by atoms with Crippen molar-refractivity contribution in [1.82, 2.24) is 15.2 Å². The third-order valence-electron chi connectivity index (χ3n) is 4.07. The van der Waals surface area contributed by atoms with E-state index in [1.807, 2.05) is 0 Å². The van der Waals surface area contributed by atoms with Gasteiger partial charge < -0.3 is 20.0 Å². The maximum Gasteiger partial charge on any atom is 0.413 e. The van der Waals surface area contributed by atoms with Crippen LogP contribution in [-0.2, 0) is 24.0 Å². The number of ether oxygens (including phenoxy) is 1. The lowest BCUT2D eigenvalue weighted by Gasteiger charge is -2.43. The SMILES string of the molecule is CON=C(C(=O)NC1=C(C(=O)O)N2C(=O)C[C@H]2SC1)c1csc(NC(=O)OC(C)(C)C)n1. The topological polar surface area (TPSA) is 160 Å². The summed E-state index contributed by atoms with van der Waals surface area (Å²) in [7, 11) is 1.24. The van der Waals surface area contributed by atoms with Crippen LogP contribution < -0.4 is 10.6 Å². The van der Waals surface area contributed by atoms with Crippen LogP contribution in [0.3, 0.4) is 0 Å². The number of β-lactam (4-membered cyclic amide) rings is 1. The number of carbonyl (C=O) groups is 4. The van der Waals surface area contributed by atoms with Gasteiger partial charge in [-0.05, 0) is 20.8 Å². The Balaban J connectivity index is 1.79. The van der Waals surface area contributed by atoms with E-state index < -0.39 is 23.6 Å². The zero-order valence-electron chi connectivity index (χ0n) is 17.6. The molecule has 3 amide bonds. The number of aromatic nitrogens is 1.